The second kappa shape index (κ2) is 6.40. The molecule has 3 rings (SSSR count). The molecule has 1 saturated heterocycles. The third-order valence-corrected chi connectivity index (χ3v) is 4.72. The van der Waals surface area contributed by atoms with E-state index in [-0.39, 0.29) is 29.6 Å². The lowest BCUT2D eigenvalue weighted by molar-refractivity contribution is -0.383. The van der Waals surface area contributed by atoms with Gasteiger partial charge in [-0.05, 0) is 23.6 Å². The van der Waals surface area contributed by atoms with Crippen LogP contribution >= 0.6 is 11.3 Å². The Morgan fingerprint density at radius 1 is 1.38 bits per heavy atom. The zero-order valence-corrected chi connectivity index (χ0v) is 13.7. The summed E-state index contributed by atoms with van der Waals surface area (Å²) in [5.41, 5.74) is 0.427. The summed E-state index contributed by atoms with van der Waals surface area (Å²) in [6, 6.07) is 8.19. The Morgan fingerprint density at radius 2 is 2.17 bits per heavy atom. The van der Waals surface area contributed by atoms with Gasteiger partial charge in [-0.15, -0.1) is 11.3 Å². The maximum atomic E-state index is 12.1. The quantitative estimate of drug-likeness (QED) is 0.510. The van der Waals surface area contributed by atoms with Crippen molar-refractivity contribution in [3.05, 3.63) is 50.7 Å². The normalized spacial score (nSPS) is 17.4. The van der Waals surface area contributed by atoms with Crippen LogP contribution in [0.15, 0.2) is 35.7 Å². The van der Waals surface area contributed by atoms with Gasteiger partial charge in [0.25, 0.3) is 5.69 Å². The molecule has 1 aliphatic rings. The summed E-state index contributed by atoms with van der Waals surface area (Å²) < 4.78 is 0. The maximum Gasteiger partial charge on any atom is 0.294 e. The van der Waals surface area contributed by atoms with Crippen LogP contribution in [0.2, 0.25) is 0 Å². The Kier molecular flexibility index (Phi) is 4.30. The summed E-state index contributed by atoms with van der Waals surface area (Å²) in [4.78, 5) is 37.0. The van der Waals surface area contributed by atoms with Crippen LogP contribution in [0.4, 0.5) is 17.1 Å². The summed E-state index contributed by atoms with van der Waals surface area (Å²) in [6.07, 6.45) is 0.130. The fourth-order valence-corrected chi connectivity index (χ4v) is 3.25. The highest BCUT2D eigenvalue weighted by Gasteiger charge is 2.37. The van der Waals surface area contributed by atoms with E-state index < -0.39 is 10.8 Å². The zero-order chi connectivity index (χ0) is 17.3. The van der Waals surface area contributed by atoms with Gasteiger partial charge in [-0.3, -0.25) is 24.6 Å². The molecule has 1 N–H and O–H groups in total. The molecule has 1 aliphatic heterocycles. The molecule has 24 heavy (non-hydrogen) atoms. The molecule has 0 bridgehead atoms. The zero-order valence-electron chi connectivity index (χ0n) is 12.9. The highest BCUT2D eigenvalue weighted by Crippen LogP contribution is 2.33. The van der Waals surface area contributed by atoms with Crippen molar-refractivity contribution in [2.24, 2.45) is 5.92 Å². The first kappa shape index (κ1) is 16.1. The lowest BCUT2D eigenvalue weighted by Crippen LogP contribution is -2.30. The van der Waals surface area contributed by atoms with E-state index in [1.54, 1.807) is 24.3 Å². The number of thiophene rings is 1. The molecule has 0 spiro atoms. The number of nitrogens with zero attached hydrogens (tertiary/aromatic N) is 2. The number of carbonyl (C=O) groups is 2. The topological polar surface area (TPSA) is 92.6 Å². The Morgan fingerprint density at radius 3 is 2.75 bits per heavy atom. The van der Waals surface area contributed by atoms with Crippen LogP contribution in [0, 0.1) is 16.0 Å². The van der Waals surface area contributed by atoms with Gasteiger partial charge in [-0.2, -0.15) is 0 Å². The number of benzene rings is 1. The van der Waals surface area contributed by atoms with Crippen molar-refractivity contribution in [1.82, 2.24) is 0 Å². The SMILES string of the molecule is CC1CC(=O)N(c2ccc(NCc3cccs3)c([N+](=O)[O-])c2)C1=O. The third kappa shape index (κ3) is 3.00. The van der Waals surface area contributed by atoms with Crippen LogP contribution in [0.3, 0.4) is 0 Å². The highest BCUT2D eigenvalue weighted by molar-refractivity contribution is 7.09. The fourth-order valence-electron chi connectivity index (χ4n) is 2.61. The minimum absolute atomic E-state index is 0.130. The molecule has 8 heteroatoms. The summed E-state index contributed by atoms with van der Waals surface area (Å²) in [7, 11) is 0. The van der Waals surface area contributed by atoms with Crippen molar-refractivity contribution in [3.63, 3.8) is 0 Å². The lowest BCUT2D eigenvalue weighted by Gasteiger charge is -2.15. The average molecular weight is 345 g/mol. The smallest absolute Gasteiger partial charge is 0.294 e. The molecular formula is C16H15N3O4S. The summed E-state index contributed by atoms with van der Waals surface area (Å²) in [5, 5.41) is 16.3. The van der Waals surface area contributed by atoms with E-state index in [1.165, 1.54) is 12.1 Å². The van der Waals surface area contributed by atoms with Crippen molar-refractivity contribution in [2.75, 3.05) is 10.2 Å². The van der Waals surface area contributed by atoms with E-state index in [9.17, 15) is 19.7 Å². The van der Waals surface area contributed by atoms with Gasteiger partial charge in [-0.25, -0.2) is 0 Å². The van der Waals surface area contributed by atoms with Gasteiger partial charge in [0.2, 0.25) is 11.8 Å². The van der Waals surface area contributed by atoms with Gasteiger partial charge in [0.05, 0.1) is 10.6 Å². The second-order valence-corrected chi connectivity index (χ2v) is 6.60. The number of hydrogen-bond donors (Lipinski definition) is 1. The number of amides is 2. The molecule has 1 fully saturated rings. The van der Waals surface area contributed by atoms with Crippen molar-refractivity contribution in [2.45, 2.75) is 19.9 Å². The largest absolute Gasteiger partial charge is 0.375 e. The first-order chi connectivity index (χ1) is 11.5. The molecule has 0 aliphatic carbocycles. The lowest BCUT2D eigenvalue weighted by atomic mass is 10.1. The molecule has 1 aromatic carbocycles. The predicted molar refractivity (Wildman–Crippen MR) is 91.0 cm³/mol. The number of anilines is 2. The van der Waals surface area contributed by atoms with Crippen molar-refractivity contribution >= 4 is 40.2 Å². The third-order valence-electron chi connectivity index (χ3n) is 3.84. The molecule has 0 radical (unpaired) electrons. The number of nitro groups is 1. The van der Waals surface area contributed by atoms with Crippen LogP contribution in [0.1, 0.15) is 18.2 Å². The van der Waals surface area contributed by atoms with Crippen LogP contribution in [0.25, 0.3) is 0 Å². The second-order valence-electron chi connectivity index (χ2n) is 5.56. The number of imide groups is 1. The van der Waals surface area contributed by atoms with Crippen molar-refractivity contribution in [3.8, 4) is 0 Å². The summed E-state index contributed by atoms with van der Waals surface area (Å²) >= 11 is 1.55. The monoisotopic (exact) mass is 345 g/mol. The van der Waals surface area contributed by atoms with E-state index in [4.69, 9.17) is 0 Å². The number of nitro benzene ring substituents is 1. The molecule has 1 aromatic heterocycles. The Hall–Kier alpha value is -2.74. The number of nitrogens with one attached hydrogen (secondary N) is 1. The standard InChI is InChI=1S/C16H15N3O4S/c1-10-7-15(20)18(16(10)21)11-4-5-13(14(8-11)19(22)23)17-9-12-3-2-6-24-12/h2-6,8,10,17H,7,9H2,1H3. The van der Waals surface area contributed by atoms with Gasteiger partial charge in [0.15, 0.2) is 0 Å². The molecule has 1 atom stereocenters. The Bertz CT molecular complexity index is 804. The molecule has 7 nitrogen and oxygen atoms in total. The van der Waals surface area contributed by atoms with E-state index in [0.29, 0.717) is 12.2 Å². The number of hydrogen-bond acceptors (Lipinski definition) is 6. The van der Waals surface area contributed by atoms with E-state index in [1.807, 2.05) is 17.5 Å². The van der Waals surface area contributed by atoms with E-state index in [2.05, 4.69) is 5.32 Å². The molecule has 124 valence electrons. The van der Waals surface area contributed by atoms with Crippen LogP contribution < -0.4 is 10.2 Å². The Balaban J connectivity index is 1.88. The van der Waals surface area contributed by atoms with Gasteiger partial charge >= 0.3 is 0 Å². The first-order valence-corrected chi connectivity index (χ1v) is 8.27. The first-order valence-electron chi connectivity index (χ1n) is 7.39. The number of carbonyl (C=O) groups excluding carboxylic acids is 2. The molecule has 2 amide bonds. The molecule has 0 saturated carbocycles. The highest BCUT2D eigenvalue weighted by atomic mass is 32.1. The van der Waals surface area contributed by atoms with E-state index >= 15 is 0 Å². The minimum atomic E-state index is -0.519. The average Bonchev–Trinajstić information content (AvgIpc) is 3.14. The van der Waals surface area contributed by atoms with Gasteiger partial charge in [0.1, 0.15) is 5.69 Å². The van der Waals surface area contributed by atoms with Crippen molar-refractivity contribution in [1.29, 1.82) is 0 Å². The minimum Gasteiger partial charge on any atom is -0.375 e. The molecule has 1 unspecified atom stereocenters. The molecular weight excluding hydrogens is 330 g/mol. The predicted octanol–water partition coefficient (Wildman–Crippen LogP) is 3.17. The van der Waals surface area contributed by atoms with Crippen LogP contribution in [-0.4, -0.2) is 16.7 Å². The van der Waals surface area contributed by atoms with Crippen LogP contribution in [0.5, 0.6) is 0 Å². The molecule has 2 heterocycles. The van der Waals surface area contributed by atoms with E-state index in [0.717, 1.165) is 9.78 Å². The maximum absolute atomic E-state index is 12.1. The van der Waals surface area contributed by atoms with Gasteiger partial charge in [-0.1, -0.05) is 13.0 Å². The summed E-state index contributed by atoms with van der Waals surface area (Å²) in [6.45, 7) is 2.14. The van der Waals surface area contributed by atoms with Gasteiger partial charge in [0, 0.05) is 29.8 Å². The number of rotatable bonds is 5. The fraction of sp³-hybridized carbons (Fsp3) is 0.250. The summed E-state index contributed by atoms with van der Waals surface area (Å²) in [5.74, 6) is -1.05. The van der Waals surface area contributed by atoms with Gasteiger partial charge < -0.3 is 5.32 Å². The van der Waals surface area contributed by atoms with Crippen LogP contribution in [-0.2, 0) is 16.1 Å². The molecule has 2 aromatic rings. The van der Waals surface area contributed by atoms with Crippen molar-refractivity contribution < 1.29 is 14.5 Å². The Labute approximate surface area is 142 Å².